The third kappa shape index (κ3) is 8.32. The smallest absolute Gasteiger partial charge is 0.191 e. The zero-order valence-corrected chi connectivity index (χ0v) is 15.3. The highest BCUT2D eigenvalue weighted by molar-refractivity contribution is 7.09. The van der Waals surface area contributed by atoms with Gasteiger partial charge in [0.05, 0.1) is 5.01 Å². The van der Waals surface area contributed by atoms with Gasteiger partial charge in [-0.3, -0.25) is 4.99 Å². The molecule has 0 aromatic carbocycles. The first-order valence-electron chi connectivity index (χ1n) is 8.79. The molecule has 0 radical (unpaired) electrons. The SMILES string of the molecule is CCNC(=NCCCc1nc(C)cs1)NCCCOCC1CC1. The maximum absolute atomic E-state index is 5.64. The molecule has 1 aromatic heterocycles. The molecule has 0 atom stereocenters. The van der Waals surface area contributed by atoms with Crippen molar-refractivity contribution >= 4 is 17.3 Å². The van der Waals surface area contributed by atoms with E-state index in [4.69, 9.17) is 4.74 Å². The standard InChI is InChI=1S/C17H30N4OS/c1-3-18-17(20-10-5-11-22-12-15-7-8-15)19-9-4-6-16-21-14(2)13-23-16/h13,15H,3-12H2,1-2H3,(H2,18,19,20). The van der Waals surface area contributed by atoms with Crippen molar-refractivity contribution in [3.05, 3.63) is 16.1 Å². The molecule has 23 heavy (non-hydrogen) atoms. The molecule has 130 valence electrons. The van der Waals surface area contributed by atoms with E-state index in [1.807, 2.05) is 6.92 Å². The summed E-state index contributed by atoms with van der Waals surface area (Å²) in [5, 5.41) is 9.98. The molecule has 0 spiro atoms. The molecule has 6 heteroatoms. The molecular formula is C17H30N4OS. The molecular weight excluding hydrogens is 308 g/mol. The second-order valence-corrected chi connectivity index (χ2v) is 6.99. The van der Waals surface area contributed by atoms with Gasteiger partial charge in [-0.05, 0) is 45.4 Å². The largest absolute Gasteiger partial charge is 0.381 e. The number of aryl methyl sites for hydroxylation is 2. The minimum Gasteiger partial charge on any atom is -0.381 e. The first-order chi connectivity index (χ1) is 11.3. The zero-order valence-electron chi connectivity index (χ0n) is 14.4. The minimum absolute atomic E-state index is 0.826. The first kappa shape index (κ1) is 18.2. The number of hydrogen-bond acceptors (Lipinski definition) is 4. The van der Waals surface area contributed by atoms with Crippen molar-refractivity contribution in [2.75, 3.05) is 32.8 Å². The van der Waals surface area contributed by atoms with Gasteiger partial charge in [0.1, 0.15) is 0 Å². The van der Waals surface area contributed by atoms with E-state index in [1.165, 1.54) is 17.8 Å². The van der Waals surface area contributed by atoms with E-state index in [9.17, 15) is 0 Å². The Hall–Kier alpha value is -1.14. The average molecular weight is 339 g/mol. The Kier molecular flexibility index (Phi) is 8.39. The molecule has 2 N–H and O–H groups in total. The van der Waals surface area contributed by atoms with E-state index in [-0.39, 0.29) is 0 Å². The number of nitrogens with one attached hydrogen (secondary N) is 2. The summed E-state index contributed by atoms with van der Waals surface area (Å²) in [5.41, 5.74) is 1.12. The fourth-order valence-electron chi connectivity index (χ4n) is 2.20. The lowest BCUT2D eigenvalue weighted by molar-refractivity contribution is 0.123. The van der Waals surface area contributed by atoms with Crippen LogP contribution in [0.3, 0.4) is 0 Å². The van der Waals surface area contributed by atoms with Crippen LogP contribution < -0.4 is 10.6 Å². The van der Waals surface area contributed by atoms with Crippen LogP contribution in [0.25, 0.3) is 0 Å². The highest BCUT2D eigenvalue weighted by atomic mass is 32.1. The molecule has 1 fully saturated rings. The van der Waals surface area contributed by atoms with Crippen LogP contribution in [0.1, 0.15) is 43.3 Å². The number of rotatable bonds is 11. The van der Waals surface area contributed by atoms with Gasteiger partial charge in [0.2, 0.25) is 0 Å². The number of thiazole rings is 1. The van der Waals surface area contributed by atoms with Crippen molar-refractivity contribution < 1.29 is 4.74 Å². The molecule has 1 heterocycles. The predicted molar refractivity (Wildman–Crippen MR) is 97.3 cm³/mol. The van der Waals surface area contributed by atoms with E-state index in [2.05, 4.69) is 32.9 Å². The fraction of sp³-hybridized carbons (Fsp3) is 0.765. The molecule has 0 saturated heterocycles. The number of nitrogens with zero attached hydrogens (tertiary/aromatic N) is 2. The molecule has 0 bridgehead atoms. The van der Waals surface area contributed by atoms with Crippen LogP contribution >= 0.6 is 11.3 Å². The normalized spacial score (nSPS) is 15.0. The molecule has 1 aliphatic rings. The maximum atomic E-state index is 5.64. The molecule has 1 aliphatic carbocycles. The van der Waals surface area contributed by atoms with Crippen LogP contribution in [-0.4, -0.2) is 43.8 Å². The fourth-order valence-corrected chi connectivity index (χ4v) is 3.01. The van der Waals surface area contributed by atoms with Crippen molar-refractivity contribution in [2.24, 2.45) is 10.9 Å². The Morgan fingerprint density at radius 1 is 1.39 bits per heavy atom. The van der Waals surface area contributed by atoms with E-state index in [0.29, 0.717) is 0 Å². The van der Waals surface area contributed by atoms with Gasteiger partial charge in [0.25, 0.3) is 0 Å². The third-order valence-corrected chi connectivity index (χ3v) is 4.66. The van der Waals surface area contributed by atoms with E-state index < -0.39 is 0 Å². The van der Waals surface area contributed by atoms with Gasteiger partial charge in [0, 0.05) is 50.3 Å². The number of guanidine groups is 1. The van der Waals surface area contributed by atoms with Crippen LogP contribution in [0.5, 0.6) is 0 Å². The van der Waals surface area contributed by atoms with Crippen LogP contribution in [0.15, 0.2) is 10.4 Å². The summed E-state index contributed by atoms with van der Waals surface area (Å²) in [6, 6.07) is 0. The Morgan fingerprint density at radius 2 is 2.26 bits per heavy atom. The maximum Gasteiger partial charge on any atom is 0.191 e. The van der Waals surface area contributed by atoms with Crippen molar-refractivity contribution in [1.82, 2.24) is 15.6 Å². The Labute approximate surface area is 144 Å². The second kappa shape index (κ2) is 10.6. The lowest BCUT2D eigenvalue weighted by Crippen LogP contribution is -2.38. The second-order valence-electron chi connectivity index (χ2n) is 6.05. The Morgan fingerprint density at radius 3 is 2.96 bits per heavy atom. The van der Waals surface area contributed by atoms with E-state index in [0.717, 1.165) is 69.7 Å². The molecule has 2 rings (SSSR count). The predicted octanol–water partition coefficient (Wildman–Crippen LogP) is 2.76. The third-order valence-electron chi connectivity index (χ3n) is 3.64. The van der Waals surface area contributed by atoms with Crippen molar-refractivity contribution in [3.63, 3.8) is 0 Å². The summed E-state index contributed by atoms with van der Waals surface area (Å²) in [5.74, 6) is 1.76. The van der Waals surface area contributed by atoms with Crippen molar-refractivity contribution in [2.45, 2.75) is 46.0 Å². The van der Waals surface area contributed by atoms with Crippen LogP contribution in [0.2, 0.25) is 0 Å². The van der Waals surface area contributed by atoms with Gasteiger partial charge in [-0.1, -0.05) is 0 Å². The summed E-state index contributed by atoms with van der Waals surface area (Å²) >= 11 is 1.74. The first-order valence-corrected chi connectivity index (χ1v) is 9.67. The highest BCUT2D eigenvalue weighted by Crippen LogP contribution is 2.28. The molecule has 0 amide bonds. The minimum atomic E-state index is 0.826. The summed E-state index contributed by atoms with van der Waals surface area (Å²) in [7, 11) is 0. The highest BCUT2D eigenvalue weighted by Gasteiger charge is 2.20. The van der Waals surface area contributed by atoms with Crippen molar-refractivity contribution in [3.8, 4) is 0 Å². The summed E-state index contributed by atoms with van der Waals surface area (Å²) in [6.07, 6.45) is 5.78. The van der Waals surface area contributed by atoms with Crippen LogP contribution in [0, 0.1) is 12.8 Å². The molecule has 1 saturated carbocycles. The number of hydrogen-bond donors (Lipinski definition) is 2. The summed E-state index contributed by atoms with van der Waals surface area (Å²) in [6.45, 7) is 8.54. The summed E-state index contributed by atoms with van der Waals surface area (Å²) < 4.78 is 5.64. The Balaban J connectivity index is 1.55. The Bertz CT molecular complexity index is 471. The van der Waals surface area contributed by atoms with Gasteiger partial charge >= 0.3 is 0 Å². The quantitative estimate of drug-likeness (QED) is 0.370. The number of ether oxygens (including phenoxy) is 1. The number of aliphatic imine (C=N–C) groups is 1. The van der Waals surface area contributed by atoms with E-state index >= 15 is 0 Å². The van der Waals surface area contributed by atoms with Gasteiger partial charge < -0.3 is 15.4 Å². The lowest BCUT2D eigenvalue weighted by atomic mass is 10.3. The van der Waals surface area contributed by atoms with Gasteiger partial charge in [0.15, 0.2) is 5.96 Å². The molecule has 1 aromatic rings. The van der Waals surface area contributed by atoms with Crippen LogP contribution in [-0.2, 0) is 11.2 Å². The number of aromatic nitrogens is 1. The van der Waals surface area contributed by atoms with Gasteiger partial charge in [-0.15, -0.1) is 11.3 Å². The topological polar surface area (TPSA) is 58.5 Å². The zero-order chi connectivity index (χ0) is 16.3. The average Bonchev–Trinajstić information content (AvgIpc) is 3.27. The molecule has 5 nitrogen and oxygen atoms in total. The van der Waals surface area contributed by atoms with E-state index in [1.54, 1.807) is 11.3 Å². The van der Waals surface area contributed by atoms with Gasteiger partial charge in [-0.2, -0.15) is 0 Å². The molecule has 0 aliphatic heterocycles. The van der Waals surface area contributed by atoms with Crippen LogP contribution in [0.4, 0.5) is 0 Å². The summed E-state index contributed by atoms with van der Waals surface area (Å²) in [4.78, 5) is 9.11. The van der Waals surface area contributed by atoms with Crippen molar-refractivity contribution in [1.29, 1.82) is 0 Å². The monoisotopic (exact) mass is 338 g/mol. The molecule has 0 unspecified atom stereocenters. The van der Waals surface area contributed by atoms with Gasteiger partial charge in [-0.25, -0.2) is 4.98 Å². The lowest BCUT2D eigenvalue weighted by Gasteiger charge is -2.11.